The van der Waals surface area contributed by atoms with Crippen molar-refractivity contribution in [1.29, 1.82) is 0 Å². The molecule has 23 heavy (non-hydrogen) atoms. The molecule has 0 radical (unpaired) electrons. The van der Waals surface area contributed by atoms with Crippen LogP contribution >= 0.6 is 0 Å². The summed E-state index contributed by atoms with van der Waals surface area (Å²) in [4.78, 5) is 16.1. The standard InChI is InChI=1S/C18H15FN2O2/c19-15-5-3-6-16(9-15)23-12-18(22)21-11-13-8-14-4-1-2-7-17(14)20-10-13/h1-10H,11-12H2,(H,21,22). The van der Waals surface area contributed by atoms with Gasteiger partial charge in [-0.1, -0.05) is 24.3 Å². The predicted octanol–water partition coefficient (Wildman–Crippen LogP) is 3.07. The molecule has 0 saturated carbocycles. The average Bonchev–Trinajstić information content (AvgIpc) is 2.58. The van der Waals surface area contributed by atoms with Gasteiger partial charge >= 0.3 is 0 Å². The maximum absolute atomic E-state index is 13.0. The van der Waals surface area contributed by atoms with Crippen LogP contribution in [0.3, 0.4) is 0 Å². The minimum atomic E-state index is -0.398. The lowest BCUT2D eigenvalue weighted by atomic mass is 10.1. The molecule has 2 aromatic carbocycles. The van der Waals surface area contributed by atoms with Crippen LogP contribution in [0.2, 0.25) is 0 Å². The number of halogens is 1. The molecule has 0 bridgehead atoms. The minimum absolute atomic E-state index is 0.162. The van der Waals surface area contributed by atoms with Crippen molar-refractivity contribution in [3.8, 4) is 5.75 Å². The molecular weight excluding hydrogens is 295 g/mol. The zero-order chi connectivity index (χ0) is 16.1. The number of nitrogens with zero attached hydrogens (tertiary/aromatic N) is 1. The van der Waals surface area contributed by atoms with Gasteiger partial charge in [0.1, 0.15) is 11.6 Å². The molecule has 3 aromatic rings. The van der Waals surface area contributed by atoms with Crippen molar-refractivity contribution in [2.75, 3.05) is 6.61 Å². The van der Waals surface area contributed by atoms with E-state index in [1.165, 1.54) is 18.2 Å². The Balaban J connectivity index is 1.53. The van der Waals surface area contributed by atoms with E-state index in [-0.39, 0.29) is 12.5 Å². The van der Waals surface area contributed by atoms with Crippen LogP contribution in [0.4, 0.5) is 4.39 Å². The Labute approximate surface area is 132 Å². The number of carbonyl (C=O) groups excluding carboxylic acids is 1. The first-order chi connectivity index (χ1) is 11.2. The second-order valence-electron chi connectivity index (χ2n) is 5.06. The van der Waals surface area contributed by atoms with Gasteiger partial charge in [0, 0.05) is 24.2 Å². The van der Waals surface area contributed by atoms with Gasteiger partial charge in [0.25, 0.3) is 5.91 Å². The van der Waals surface area contributed by atoms with Gasteiger partial charge in [0.2, 0.25) is 0 Å². The number of aromatic nitrogens is 1. The number of rotatable bonds is 5. The van der Waals surface area contributed by atoms with Crippen LogP contribution < -0.4 is 10.1 Å². The molecule has 1 aromatic heterocycles. The van der Waals surface area contributed by atoms with E-state index in [4.69, 9.17) is 4.74 Å². The van der Waals surface area contributed by atoms with Crippen LogP contribution in [-0.4, -0.2) is 17.5 Å². The third-order valence-corrected chi connectivity index (χ3v) is 3.30. The summed E-state index contributed by atoms with van der Waals surface area (Å²) in [5, 5.41) is 3.77. The van der Waals surface area contributed by atoms with Crippen molar-refractivity contribution >= 4 is 16.8 Å². The molecule has 0 saturated heterocycles. The maximum Gasteiger partial charge on any atom is 0.258 e. The lowest BCUT2D eigenvalue weighted by Gasteiger charge is -2.08. The average molecular weight is 310 g/mol. The number of carbonyl (C=O) groups is 1. The summed E-state index contributed by atoms with van der Waals surface area (Å²) in [6.07, 6.45) is 1.73. The van der Waals surface area contributed by atoms with Crippen molar-refractivity contribution in [3.05, 3.63) is 72.2 Å². The van der Waals surface area contributed by atoms with Gasteiger partial charge < -0.3 is 10.1 Å². The van der Waals surface area contributed by atoms with Gasteiger partial charge in [-0.3, -0.25) is 9.78 Å². The highest BCUT2D eigenvalue weighted by Gasteiger charge is 2.04. The number of hydrogen-bond acceptors (Lipinski definition) is 3. The molecule has 0 fully saturated rings. The summed E-state index contributed by atoms with van der Waals surface area (Å²) in [6.45, 7) is 0.202. The molecule has 5 heteroatoms. The number of ether oxygens (including phenoxy) is 1. The fourth-order valence-electron chi connectivity index (χ4n) is 2.17. The molecule has 0 aliphatic rings. The highest BCUT2D eigenvalue weighted by Crippen LogP contribution is 2.13. The first-order valence-corrected chi connectivity index (χ1v) is 7.19. The van der Waals surface area contributed by atoms with Crippen LogP contribution in [0.1, 0.15) is 5.56 Å². The van der Waals surface area contributed by atoms with Crippen molar-refractivity contribution < 1.29 is 13.9 Å². The molecule has 4 nitrogen and oxygen atoms in total. The highest BCUT2D eigenvalue weighted by molar-refractivity contribution is 5.79. The molecule has 0 spiro atoms. The van der Waals surface area contributed by atoms with Gasteiger partial charge in [-0.05, 0) is 29.8 Å². The first kappa shape index (κ1) is 15.0. The molecule has 0 atom stereocenters. The number of nitrogens with one attached hydrogen (secondary N) is 1. The molecule has 0 aliphatic heterocycles. The van der Waals surface area contributed by atoms with Crippen LogP contribution in [0.25, 0.3) is 10.9 Å². The quantitative estimate of drug-likeness (QED) is 0.788. The van der Waals surface area contributed by atoms with Crippen LogP contribution in [-0.2, 0) is 11.3 Å². The summed E-state index contributed by atoms with van der Waals surface area (Å²) in [5.41, 5.74) is 1.82. The minimum Gasteiger partial charge on any atom is -0.484 e. The van der Waals surface area contributed by atoms with E-state index >= 15 is 0 Å². The number of hydrogen-bond donors (Lipinski definition) is 1. The molecule has 1 heterocycles. The van der Waals surface area contributed by atoms with Crippen molar-refractivity contribution in [2.24, 2.45) is 0 Å². The molecule has 0 unspecified atom stereocenters. The van der Waals surface area contributed by atoms with Crippen LogP contribution in [0.5, 0.6) is 5.75 Å². The van der Waals surface area contributed by atoms with Crippen molar-refractivity contribution in [3.63, 3.8) is 0 Å². The third-order valence-electron chi connectivity index (χ3n) is 3.30. The van der Waals surface area contributed by atoms with Crippen LogP contribution in [0, 0.1) is 5.82 Å². The Hall–Kier alpha value is -2.95. The summed E-state index contributed by atoms with van der Waals surface area (Å²) < 4.78 is 18.2. The molecule has 1 N–H and O–H groups in total. The van der Waals surface area contributed by atoms with E-state index in [1.54, 1.807) is 12.3 Å². The second-order valence-corrected chi connectivity index (χ2v) is 5.06. The van der Waals surface area contributed by atoms with E-state index in [0.717, 1.165) is 16.5 Å². The number of amides is 1. The molecular formula is C18H15FN2O2. The van der Waals surface area contributed by atoms with E-state index in [2.05, 4.69) is 10.3 Å². The van der Waals surface area contributed by atoms with Crippen molar-refractivity contribution in [2.45, 2.75) is 6.54 Å². The Kier molecular flexibility index (Phi) is 4.47. The van der Waals surface area contributed by atoms with E-state index < -0.39 is 5.82 Å². The van der Waals surface area contributed by atoms with E-state index in [1.807, 2.05) is 30.3 Å². The molecule has 1 amide bonds. The topological polar surface area (TPSA) is 51.2 Å². The Bertz CT molecular complexity index is 836. The van der Waals surface area contributed by atoms with Gasteiger partial charge in [-0.2, -0.15) is 0 Å². The van der Waals surface area contributed by atoms with E-state index in [0.29, 0.717) is 12.3 Å². The lowest BCUT2D eigenvalue weighted by molar-refractivity contribution is -0.123. The first-order valence-electron chi connectivity index (χ1n) is 7.19. The van der Waals surface area contributed by atoms with Gasteiger partial charge in [0.15, 0.2) is 6.61 Å². The van der Waals surface area contributed by atoms with Gasteiger partial charge in [-0.25, -0.2) is 4.39 Å². The number of benzene rings is 2. The Morgan fingerprint density at radius 3 is 2.87 bits per heavy atom. The largest absolute Gasteiger partial charge is 0.484 e. The summed E-state index contributed by atoms with van der Waals surface area (Å²) >= 11 is 0. The predicted molar refractivity (Wildman–Crippen MR) is 85.5 cm³/mol. The lowest BCUT2D eigenvalue weighted by Crippen LogP contribution is -2.28. The highest BCUT2D eigenvalue weighted by atomic mass is 19.1. The smallest absolute Gasteiger partial charge is 0.258 e. The summed E-state index contributed by atoms with van der Waals surface area (Å²) in [6, 6.07) is 15.5. The van der Waals surface area contributed by atoms with Gasteiger partial charge in [0.05, 0.1) is 5.52 Å². The number of fused-ring (bicyclic) bond motifs is 1. The number of pyridine rings is 1. The molecule has 3 rings (SSSR count). The normalized spacial score (nSPS) is 10.5. The second kappa shape index (κ2) is 6.87. The van der Waals surface area contributed by atoms with Crippen LogP contribution in [0.15, 0.2) is 60.8 Å². The molecule has 0 aliphatic carbocycles. The zero-order valence-electron chi connectivity index (χ0n) is 12.3. The third kappa shape index (κ3) is 4.03. The monoisotopic (exact) mass is 310 g/mol. The summed E-state index contributed by atoms with van der Waals surface area (Å²) in [5.74, 6) is -0.347. The zero-order valence-corrected chi connectivity index (χ0v) is 12.3. The number of para-hydroxylation sites is 1. The Morgan fingerprint density at radius 2 is 2.00 bits per heavy atom. The molecule has 116 valence electrons. The van der Waals surface area contributed by atoms with Gasteiger partial charge in [-0.15, -0.1) is 0 Å². The summed E-state index contributed by atoms with van der Waals surface area (Å²) in [7, 11) is 0. The Morgan fingerprint density at radius 1 is 1.13 bits per heavy atom. The maximum atomic E-state index is 13.0. The van der Waals surface area contributed by atoms with Crippen molar-refractivity contribution in [1.82, 2.24) is 10.3 Å². The SMILES string of the molecule is O=C(COc1cccc(F)c1)NCc1cnc2ccccc2c1. The van der Waals surface area contributed by atoms with E-state index in [9.17, 15) is 9.18 Å². The fourth-order valence-corrected chi connectivity index (χ4v) is 2.17. The fraction of sp³-hybridized carbons (Fsp3) is 0.111.